The highest BCUT2D eigenvalue weighted by molar-refractivity contribution is 5.74. The third-order valence-corrected chi connectivity index (χ3v) is 3.29. The Kier molecular flexibility index (Phi) is 2.76. The van der Waals surface area contributed by atoms with E-state index in [9.17, 15) is 9.59 Å². The molecule has 5 nitrogen and oxygen atoms in total. The normalized spacial score (nSPS) is 19.4. The van der Waals surface area contributed by atoms with Crippen LogP contribution < -0.4 is 11.1 Å². The van der Waals surface area contributed by atoms with Gasteiger partial charge in [-0.2, -0.15) is 0 Å². The summed E-state index contributed by atoms with van der Waals surface area (Å²) in [6.07, 6.45) is 1.99. The third-order valence-electron chi connectivity index (χ3n) is 3.29. The highest BCUT2D eigenvalue weighted by Crippen LogP contribution is 2.15. The lowest BCUT2D eigenvalue weighted by Gasteiger charge is -2.13. The van der Waals surface area contributed by atoms with Gasteiger partial charge in [0.1, 0.15) is 0 Å². The minimum atomic E-state index is -0.577. The van der Waals surface area contributed by atoms with Crippen LogP contribution in [0.4, 0.5) is 0 Å². The molecule has 0 amide bonds. The molecule has 1 fully saturated rings. The summed E-state index contributed by atoms with van der Waals surface area (Å²) in [4.78, 5) is 26.1. The van der Waals surface area contributed by atoms with E-state index in [4.69, 9.17) is 4.74 Å². The van der Waals surface area contributed by atoms with Crippen molar-refractivity contribution in [1.29, 1.82) is 0 Å². The van der Waals surface area contributed by atoms with E-state index in [1.54, 1.807) is 6.07 Å². The van der Waals surface area contributed by atoms with Gasteiger partial charge in [-0.3, -0.25) is 14.2 Å². The van der Waals surface area contributed by atoms with Crippen LogP contribution in [0.3, 0.4) is 0 Å². The van der Waals surface area contributed by atoms with Gasteiger partial charge in [-0.15, -0.1) is 0 Å². The Bertz CT molecular complexity index is 680. The number of para-hydroxylation sites is 2. The van der Waals surface area contributed by atoms with Crippen LogP contribution in [-0.4, -0.2) is 22.3 Å². The van der Waals surface area contributed by atoms with Crippen LogP contribution in [0.5, 0.6) is 0 Å². The minimum absolute atomic E-state index is 0.0351. The van der Waals surface area contributed by atoms with Crippen molar-refractivity contribution < 1.29 is 4.74 Å². The van der Waals surface area contributed by atoms with Crippen LogP contribution in [-0.2, 0) is 11.3 Å². The lowest BCUT2D eigenvalue weighted by atomic mass is 10.2. The Balaban J connectivity index is 2.16. The number of hydrogen-bond donors (Lipinski definition) is 1. The second-order valence-electron chi connectivity index (χ2n) is 4.52. The van der Waals surface area contributed by atoms with Crippen LogP contribution in [0.2, 0.25) is 0 Å². The predicted octanol–water partition coefficient (Wildman–Crippen LogP) is 0.869. The highest BCUT2D eigenvalue weighted by Gasteiger charge is 2.18. The van der Waals surface area contributed by atoms with Gasteiger partial charge in [-0.05, 0) is 25.0 Å². The fraction of sp³-hybridized carbons (Fsp3) is 0.385. The second-order valence-corrected chi connectivity index (χ2v) is 4.52. The number of nitrogens with zero attached hydrogens (tertiary/aromatic N) is 1. The molecule has 1 aliphatic heterocycles. The summed E-state index contributed by atoms with van der Waals surface area (Å²) < 4.78 is 7.05. The van der Waals surface area contributed by atoms with E-state index in [1.165, 1.54) is 4.57 Å². The zero-order valence-electron chi connectivity index (χ0n) is 9.89. The monoisotopic (exact) mass is 246 g/mol. The molecule has 1 unspecified atom stereocenters. The van der Waals surface area contributed by atoms with E-state index in [1.807, 2.05) is 18.2 Å². The summed E-state index contributed by atoms with van der Waals surface area (Å²) in [5.41, 5.74) is 0.341. The number of fused-ring (bicyclic) bond motifs is 1. The highest BCUT2D eigenvalue weighted by atomic mass is 16.5. The van der Waals surface area contributed by atoms with E-state index >= 15 is 0 Å². The van der Waals surface area contributed by atoms with E-state index in [0.717, 1.165) is 25.0 Å². The average molecular weight is 246 g/mol. The number of aromatic amines is 1. The van der Waals surface area contributed by atoms with E-state index in [0.29, 0.717) is 12.1 Å². The molecule has 0 saturated carbocycles. The molecule has 1 saturated heterocycles. The molecule has 1 aromatic heterocycles. The SMILES string of the molecule is O=c1[nH]c2ccccc2n(CC2CCCO2)c1=O. The summed E-state index contributed by atoms with van der Waals surface area (Å²) in [6, 6.07) is 7.31. The molecule has 1 aliphatic rings. The molecule has 0 radical (unpaired) electrons. The maximum atomic E-state index is 11.9. The molecule has 94 valence electrons. The van der Waals surface area contributed by atoms with Gasteiger partial charge in [0.2, 0.25) is 0 Å². The molecule has 18 heavy (non-hydrogen) atoms. The second kappa shape index (κ2) is 4.42. The first-order valence-corrected chi connectivity index (χ1v) is 6.09. The summed E-state index contributed by atoms with van der Waals surface area (Å²) in [7, 11) is 0. The maximum absolute atomic E-state index is 11.9. The number of aromatic nitrogens is 2. The first-order chi connectivity index (χ1) is 8.75. The molecule has 0 spiro atoms. The molecule has 2 heterocycles. The van der Waals surface area contributed by atoms with Gasteiger partial charge in [0.15, 0.2) is 0 Å². The molecule has 0 aliphatic carbocycles. The largest absolute Gasteiger partial charge is 0.376 e. The Morgan fingerprint density at radius 2 is 2.17 bits per heavy atom. The molecule has 3 rings (SSSR count). The zero-order valence-corrected chi connectivity index (χ0v) is 9.89. The van der Waals surface area contributed by atoms with Crippen LogP contribution in [0, 0.1) is 0 Å². The topological polar surface area (TPSA) is 64.1 Å². The van der Waals surface area contributed by atoms with Gasteiger partial charge in [0, 0.05) is 6.61 Å². The standard InChI is InChI=1S/C13H14N2O3/c16-12-13(17)15(8-9-4-3-7-18-9)11-6-2-1-5-10(11)14-12/h1-2,5-6,9H,3-4,7-8H2,(H,14,16). The molecule has 0 bridgehead atoms. The maximum Gasteiger partial charge on any atom is 0.316 e. The summed E-state index contributed by atoms with van der Waals surface area (Å²) in [5, 5.41) is 0. The number of nitrogens with one attached hydrogen (secondary N) is 1. The molecule has 1 N–H and O–H groups in total. The smallest absolute Gasteiger partial charge is 0.316 e. The summed E-state index contributed by atoms with van der Waals surface area (Å²) in [6.45, 7) is 1.18. The van der Waals surface area contributed by atoms with Crippen LogP contribution >= 0.6 is 0 Å². The van der Waals surface area contributed by atoms with Gasteiger partial charge in [0.25, 0.3) is 0 Å². The molecule has 1 atom stereocenters. The third kappa shape index (κ3) is 1.86. The molecule has 1 aromatic carbocycles. The van der Waals surface area contributed by atoms with Crippen molar-refractivity contribution >= 4 is 11.0 Å². The predicted molar refractivity (Wildman–Crippen MR) is 67.8 cm³/mol. The lowest BCUT2D eigenvalue weighted by Crippen LogP contribution is -2.38. The van der Waals surface area contributed by atoms with Crippen LogP contribution in [0.15, 0.2) is 33.9 Å². The van der Waals surface area contributed by atoms with Gasteiger partial charge >= 0.3 is 11.1 Å². The Morgan fingerprint density at radius 1 is 1.33 bits per heavy atom. The van der Waals surface area contributed by atoms with Gasteiger partial charge in [0.05, 0.1) is 23.7 Å². The van der Waals surface area contributed by atoms with Crippen LogP contribution in [0.25, 0.3) is 11.0 Å². The summed E-state index contributed by atoms with van der Waals surface area (Å²) >= 11 is 0. The fourth-order valence-electron chi connectivity index (χ4n) is 2.40. The van der Waals surface area contributed by atoms with Crippen molar-refractivity contribution in [2.24, 2.45) is 0 Å². The van der Waals surface area contributed by atoms with Gasteiger partial charge in [-0.25, -0.2) is 0 Å². The van der Waals surface area contributed by atoms with Crippen LogP contribution in [0.1, 0.15) is 12.8 Å². The molecule has 2 aromatic rings. The van der Waals surface area contributed by atoms with Crippen molar-refractivity contribution in [1.82, 2.24) is 9.55 Å². The Morgan fingerprint density at radius 3 is 2.94 bits per heavy atom. The quantitative estimate of drug-likeness (QED) is 0.800. The van der Waals surface area contributed by atoms with Crippen molar-refractivity contribution in [3.8, 4) is 0 Å². The van der Waals surface area contributed by atoms with Crippen molar-refractivity contribution in [2.45, 2.75) is 25.5 Å². The number of ether oxygens (including phenoxy) is 1. The van der Waals surface area contributed by atoms with Gasteiger partial charge in [-0.1, -0.05) is 12.1 Å². The first-order valence-electron chi connectivity index (χ1n) is 6.09. The van der Waals surface area contributed by atoms with E-state index in [2.05, 4.69) is 4.98 Å². The van der Waals surface area contributed by atoms with Crippen molar-refractivity contribution in [2.75, 3.05) is 6.61 Å². The first kappa shape index (κ1) is 11.2. The number of hydrogen-bond acceptors (Lipinski definition) is 3. The zero-order chi connectivity index (χ0) is 12.5. The van der Waals surface area contributed by atoms with E-state index in [-0.39, 0.29) is 6.10 Å². The lowest BCUT2D eigenvalue weighted by molar-refractivity contribution is 0.0971. The number of H-pyrrole nitrogens is 1. The Hall–Kier alpha value is -1.88. The minimum Gasteiger partial charge on any atom is -0.376 e. The molecular formula is C13H14N2O3. The molecule has 5 heteroatoms. The van der Waals surface area contributed by atoms with E-state index < -0.39 is 11.1 Å². The Labute approximate surface area is 103 Å². The fourth-order valence-corrected chi connectivity index (χ4v) is 2.40. The molecular weight excluding hydrogens is 232 g/mol. The summed E-state index contributed by atoms with van der Waals surface area (Å²) in [5.74, 6) is 0. The number of benzene rings is 1. The van der Waals surface area contributed by atoms with Crippen molar-refractivity contribution in [3.05, 3.63) is 45.0 Å². The van der Waals surface area contributed by atoms with Gasteiger partial charge < -0.3 is 9.72 Å². The number of rotatable bonds is 2. The van der Waals surface area contributed by atoms with Crippen molar-refractivity contribution in [3.63, 3.8) is 0 Å². The average Bonchev–Trinajstić information content (AvgIpc) is 2.88.